The summed E-state index contributed by atoms with van der Waals surface area (Å²) in [4.78, 5) is 8.93. The highest BCUT2D eigenvalue weighted by Gasteiger charge is 2.19. The van der Waals surface area contributed by atoms with E-state index in [4.69, 9.17) is 0 Å². The third-order valence-electron chi connectivity index (χ3n) is 2.75. The Labute approximate surface area is 104 Å². The first kappa shape index (κ1) is 10.3. The van der Waals surface area contributed by atoms with Gasteiger partial charge in [0.2, 0.25) is 0 Å². The summed E-state index contributed by atoms with van der Waals surface area (Å²) in [6, 6.07) is 14.7. The number of aromatic nitrogens is 2. The highest BCUT2D eigenvalue weighted by Crippen LogP contribution is 2.32. The Morgan fingerprint density at radius 2 is 1.94 bits per heavy atom. The van der Waals surface area contributed by atoms with Crippen LogP contribution >= 0.6 is 11.3 Å². The van der Waals surface area contributed by atoms with Crippen LogP contribution in [0.3, 0.4) is 0 Å². The van der Waals surface area contributed by atoms with Crippen LogP contribution in [0, 0.1) is 0 Å². The quantitative estimate of drug-likeness (QED) is 0.743. The fourth-order valence-corrected chi connectivity index (χ4v) is 2.85. The maximum absolute atomic E-state index is 4.40. The van der Waals surface area contributed by atoms with Gasteiger partial charge in [-0.3, -0.25) is 0 Å². The summed E-state index contributed by atoms with van der Waals surface area (Å²) in [5.41, 5.74) is 1.27. The lowest BCUT2D eigenvalue weighted by Gasteiger charge is -2.13. The number of thiophene rings is 1. The van der Waals surface area contributed by atoms with Gasteiger partial charge in [-0.2, -0.15) is 0 Å². The molecular weight excluding hydrogens is 228 g/mol. The molecular formula is C14H12N2S. The predicted octanol–water partition coefficient (Wildman–Crippen LogP) is 3.65. The molecule has 3 heteroatoms. The van der Waals surface area contributed by atoms with Crippen molar-refractivity contribution in [2.75, 3.05) is 0 Å². The number of nitrogens with zero attached hydrogens (tertiary/aromatic N) is 1. The number of nitrogens with one attached hydrogen (secondary N) is 1. The zero-order valence-electron chi connectivity index (χ0n) is 9.21. The third-order valence-corrected chi connectivity index (χ3v) is 3.69. The van der Waals surface area contributed by atoms with Gasteiger partial charge in [0.05, 0.1) is 5.92 Å². The van der Waals surface area contributed by atoms with E-state index in [0.29, 0.717) is 0 Å². The van der Waals surface area contributed by atoms with Crippen LogP contribution in [0.15, 0.2) is 60.2 Å². The zero-order chi connectivity index (χ0) is 11.5. The molecule has 17 heavy (non-hydrogen) atoms. The molecule has 0 spiro atoms. The lowest BCUT2D eigenvalue weighted by atomic mass is 9.97. The van der Waals surface area contributed by atoms with Crippen LogP contribution in [0.4, 0.5) is 0 Å². The summed E-state index contributed by atoms with van der Waals surface area (Å²) in [6.07, 6.45) is 3.68. The topological polar surface area (TPSA) is 28.7 Å². The lowest BCUT2D eigenvalue weighted by molar-refractivity contribution is 0.902. The number of hydrogen-bond acceptors (Lipinski definition) is 2. The Morgan fingerprint density at radius 1 is 1.06 bits per heavy atom. The van der Waals surface area contributed by atoms with Crippen molar-refractivity contribution in [2.45, 2.75) is 5.92 Å². The van der Waals surface area contributed by atoms with Gasteiger partial charge < -0.3 is 4.98 Å². The third kappa shape index (κ3) is 2.01. The molecule has 1 atom stereocenters. The Kier molecular flexibility index (Phi) is 2.76. The van der Waals surface area contributed by atoms with E-state index in [0.717, 1.165) is 5.82 Å². The SMILES string of the molecule is c1ccc(C(c2ncc[nH]2)c2cccs2)cc1. The van der Waals surface area contributed by atoms with Gasteiger partial charge in [0, 0.05) is 17.3 Å². The monoisotopic (exact) mass is 240 g/mol. The van der Waals surface area contributed by atoms with Crippen molar-refractivity contribution in [1.29, 1.82) is 0 Å². The molecule has 0 aliphatic heterocycles. The molecule has 3 aromatic rings. The summed E-state index contributed by atoms with van der Waals surface area (Å²) in [7, 11) is 0. The molecule has 1 N–H and O–H groups in total. The highest BCUT2D eigenvalue weighted by molar-refractivity contribution is 7.10. The Bertz CT molecular complexity index is 521. The second-order valence-electron chi connectivity index (χ2n) is 3.83. The maximum atomic E-state index is 4.40. The van der Waals surface area contributed by atoms with Gasteiger partial charge in [0.1, 0.15) is 5.82 Å². The molecule has 3 rings (SSSR count). The molecule has 1 aromatic carbocycles. The molecule has 2 heterocycles. The van der Waals surface area contributed by atoms with Gasteiger partial charge in [-0.05, 0) is 17.0 Å². The minimum Gasteiger partial charge on any atom is -0.348 e. The normalized spacial score (nSPS) is 12.5. The second kappa shape index (κ2) is 4.55. The van der Waals surface area contributed by atoms with E-state index in [1.165, 1.54) is 10.4 Å². The van der Waals surface area contributed by atoms with Crippen molar-refractivity contribution in [3.8, 4) is 0 Å². The maximum Gasteiger partial charge on any atom is 0.118 e. The molecule has 0 fully saturated rings. The minimum atomic E-state index is 0.214. The van der Waals surface area contributed by atoms with E-state index in [1.807, 2.05) is 12.3 Å². The molecule has 1 unspecified atom stereocenters. The van der Waals surface area contributed by atoms with Crippen molar-refractivity contribution in [2.24, 2.45) is 0 Å². The molecule has 2 aromatic heterocycles. The Morgan fingerprint density at radius 3 is 2.59 bits per heavy atom. The molecule has 0 amide bonds. The van der Waals surface area contributed by atoms with Crippen LogP contribution in [0.1, 0.15) is 22.2 Å². The molecule has 0 radical (unpaired) electrons. The number of rotatable bonds is 3. The smallest absolute Gasteiger partial charge is 0.118 e. The van der Waals surface area contributed by atoms with E-state index in [1.54, 1.807) is 17.5 Å². The van der Waals surface area contributed by atoms with Crippen LogP contribution in [0.25, 0.3) is 0 Å². The minimum absolute atomic E-state index is 0.214. The van der Waals surface area contributed by atoms with Gasteiger partial charge in [-0.25, -0.2) is 4.98 Å². The molecule has 0 bridgehead atoms. The van der Waals surface area contributed by atoms with Gasteiger partial charge >= 0.3 is 0 Å². The fraction of sp³-hybridized carbons (Fsp3) is 0.0714. The summed E-state index contributed by atoms with van der Waals surface area (Å²) in [6.45, 7) is 0. The molecule has 0 aliphatic carbocycles. The predicted molar refractivity (Wildman–Crippen MR) is 70.3 cm³/mol. The first-order valence-electron chi connectivity index (χ1n) is 5.53. The van der Waals surface area contributed by atoms with Crippen LogP contribution in [-0.4, -0.2) is 9.97 Å². The van der Waals surface area contributed by atoms with Crippen molar-refractivity contribution in [3.05, 3.63) is 76.5 Å². The summed E-state index contributed by atoms with van der Waals surface area (Å²) in [5, 5.41) is 2.11. The number of H-pyrrole nitrogens is 1. The van der Waals surface area contributed by atoms with Crippen molar-refractivity contribution in [1.82, 2.24) is 9.97 Å². The van der Waals surface area contributed by atoms with E-state index < -0.39 is 0 Å². The molecule has 0 saturated heterocycles. The van der Waals surface area contributed by atoms with Crippen LogP contribution in [0.5, 0.6) is 0 Å². The standard InChI is InChI=1S/C14H12N2S/c1-2-5-11(6-3-1)13(12-7-4-10-17-12)14-15-8-9-16-14/h1-10,13H,(H,15,16). The lowest BCUT2D eigenvalue weighted by Crippen LogP contribution is -2.03. The fourth-order valence-electron chi connectivity index (χ4n) is 1.99. The summed E-state index contributed by atoms with van der Waals surface area (Å²) >= 11 is 1.76. The van der Waals surface area contributed by atoms with Gasteiger partial charge in [-0.15, -0.1) is 11.3 Å². The molecule has 2 nitrogen and oxygen atoms in total. The van der Waals surface area contributed by atoms with E-state index in [2.05, 4.69) is 51.7 Å². The number of hydrogen-bond donors (Lipinski definition) is 1. The van der Waals surface area contributed by atoms with Gasteiger partial charge in [-0.1, -0.05) is 36.4 Å². The van der Waals surface area contributed by atoms with E-state index in [-0.39, 0.29) is 5.92 Å². The Hall–Kier alpha value is -1.87. The average molecular weight is 240 g/mol. The number of imidazole rings is 1. The first-order chi connectivity index (χ1) is 8.45. The number of aromatic amines is 1. The number of benzene rings is 1. The summed E-state index contributed by atoms with van der Waals surface area (Å²) < 4.78 is 0. The van der Waals surface area contributed by atoms with Crippen LogP contribution in [-0.2, 0) is 0 Å². The van der Waals surface area contributed by atoms with E-state index >= 15 is 0 Å². The second-order valence-corrected chi connectivity index (χ2v) is 4.81. The van der Waals surface area contributed by atoms with Crippen molar-refractivity contribution in [3.63, 3.8) is 0 Å². The van der Waals surface area contributed by atoms with Crippen molar-refractivity contribution < 1.29 is 0 Å². The molecule has 84 valence electrons. The molecule has 0 saturated carbocycles. The average Bonchev–Trinajstić information content (AvgIpc) is 3.04. The van der Waals surface area contributed by atoms with Crippen LogP contribution < -0.4 is 0 Å². The Balaban J connectivity index is 2.10. The van der Waals surface area contributed by atoms with Crippen LogP contribution in [0.2, 0.25) is 0 Å². The van der Waals surface area contributed by atoms with Crippen molar-refractivity contribution >= 4 is 11.3 Å². The zero-order valence-corrected chi connectivity index (χ0v) is 10.0. The van der Waals surface area contributed by atoms with Gasteiger partial charge in [0.15, 0.2) is 0 Å². The highest BCUT2D eigenvalue weighted by atomic mass is 32.1. The molecule has 0 aliphatic rings. The van der Waals surface area contributed by atoms with Gasteiger partial charge in [0.25, 0.3) is 0 Å². The first-order valence-corrected chi connectivity index (χ1v) is 6.41. The van der Waals surface area contributed by atoms with E-state index in [9.17, 15) is 0 Å². The summed E-state index contributed by atoms with van der Waals surface area (Å²) in [5.74, 6) is 1.21. The largest absolute Gasteiger partial charge is 0.348 e.